The minimum absolute atomic E-state index is 0.0252. The molecule has 1 fully saturated rings. The normalized spacial score (nSPS) is 23.3. The molecule has 22 heavy (non-hydrogen) atoms. The second-order valence-electron chi connectivity index (χ2n) is 6.01. The lowest BCUT2D eigenvalue weighted by atomic mass is 9.95. The molecule has 1 N–H and O–H groups in total. The average Bonchev–Trinajstić information content (AvgIpc) is 2.51. The van der Waals surface area contributed by atoms with Gasteiger partial charge < -0.3 is 15.1 Å². The molecule has 0 saturated carbocycles. The largest absolute Gasteiger partial charge is 0.352 e. The maximum absolute atomic E-state index is 12.5. The molecule has 0 aromatic carbocycles. The smallest absolute Gasteiger partial charge is 0.226 e. The van der Waals surface area contributed by atoms with Crippen LogP contribution in [0.15, 0.2) is 0 Å². The molecule has 1 rings (SSSR count). The maximum Gasteiger partial charge on any atom is 0.226 e. The van der Waals surface area contributed by atoms with E-state index in [1.165, 1.54) is 6.92 Å². The van der Waals surface area contributed by atoms with E-state index in [9.17, 15) is 14.4 Å². The van der Waals surface area contributed by atoms with Crippen LogP contribution in [0.4, 0.5) is 0 Å². The quantitative estimate of drug-likeness (QED) is 0.842. The molecule has 1 heterocycles. The number of likely N-dealkylation sites (N-methyl/N-ethyl adjacent to an activating group) is 1. The molecule has 0 bridgehead atoms. The van der Waals surface area contributed by atoms with Crippen LogP contribution in [0.25, 0.3) is 0 Å². The Kier molecular flexibility index (Phi) is 7.35. The molecule has 3 amide bonds. The lowest BCUT2D eigenvalue weighted by Crippen LogP contribution is -2.43. The summed E-state index contributed by atoms with van der Waals surface area (Å²) in [6.45, 7) is 7.25. The number of hydrogen-bond acceptors (Lipinski definition) is 3. The predicted molar refractivity (Wildman–Crippen MR) is 85.1 cm³/mol. The zero-order chi connectivity index (χ0) is 16.7. The minimum atomic E-state index is -0.245. The van der Waals surface area contributed by atoms with Gasteiger partial charge in [0, 0.05) is 52.0 Å². The maximum atomic E-state index is 12.5. The monoisotopic (exact) mass is 311 g/mol. The molecule has 1 aliphatic rings. The van der Waals surface area contributed by atoms with E-state index in [1.807, 2.05) is 13.8 Å². The van der Waals surface area contributed by atoms with Crippen molar-refractivity contribution in [3.8, 4) is 0 Å². The third-order valence-corrected chi connectivity index (χ3v) is 4.28. The number of nitrogens with one attached hydrogen (secondary N) is 1. The molecule has 0 unspecified atom stereocenters. The van der Waals surface area contributed by atoms with Crippen molar-refractivity contribution in [2.24, 2.45) is 5.92 Å². The van der Waals surface area contributed by atoms with E-state index in [-0.39, 0.29) is 36.1 Å². The number of rotatable bonds is 4. The third-order valence-electron chi connectivity index (χ3n) is 4.28. The third kappa shape index (κ3) is 5.31. The summed E-state index contributed by atoms with van der Waals surface area (Å²) >= 11 is 0. The molecule has 6 nitrogen and oxygen atoms in total. The van der Waals surface area contributed by atoms with Gasteiger partial charge in [0.25, 0.3) is 0 Å². The molecule has 2 atom stereocenters. The van der Waals surface area contributed by atoms with Crippen LogP contribution in [0.3, 0.4) is 0 Å². The van der Waals surface area contributed by atoms with Gasteiger partial charge >= 0.3 is 0 Å². The van der Waals surface area contributed by atoms with Gasteiger partial charge in [0.1, 0.15) is 0 Å². The topological polar surface area (TPSA) is 69.7 Å². The molecule has 0 aromatic rings. The van der Waals surface area contributed by atoms with E-state index >= 15 is 0 Å². The Hall–Kier alpha value is -1.59. The Morgan fingerprint density at radius 3 is 2.45 bits per heavy atom. The number of hydrogen-bond donors (Lipinski definition) is 1. The number of nitrogens with zero attached hydrogens (tertiary/aromatic N) is 2. The highest BCUT2D eigenvalue weighted by Crippen LogP contribution is 2.20. The van der Waals surface area contributed by atoms with E-state index < -0.39 is 0 Å². The molecule has 6 heteroatoms. The Balaban J connectivity index is 2.79. The zero-order valence-corrected chi connectivity index (χ0v) is 14.2. The standard InChI is InChI=1S/C16H29N3O3/c1-5-19(6-2)16(22)13-8-7-9-14(17-12(3)20)11-18(4)15(21)10-13/h13-14H,5-11H2,1-4H3,(H,17,20)/t13-,14-/m1/s1. The first-order chi connectivity index (χ1) is 10.4. The highest BCUT2D eigenvalue weighted by atomic mass is 16.2. The van der Waals surface area contributed by atoms with Gasteiger partial charge in [-0.25, -0.2) is 0 Å². The molecule has 0 radical (unpaired) electrons. The summed E-state index contributed by atoms with van der Waals surface area (Å²) in [5, 5.41) is 2.89. The van der Waals surface area contributed by atoms with Crippen molar-refractivity contribution >= 4 is 17.7 Å². The fourth-order valence-corrected chi connectivity index (χ4v) is 3.01. The Bertz CT molecular complexity index is 407. The SMILES string of the molecule is CCN(CC)C(=O)[C@@H]1CCC[C@@H](NC(C)=O)CN(C)C(=O)C1. The van der Waals surface area contributed by atoms with Gasteiger partial charge in [0.2, 0.25) is 17.7 Å². The second kappa shape index (κ2) is 8.76. The molecule has 1 saturated heterocycles. The van der Waals surface area contributed by atoms with Crippen LogP contribution in [-0.2, 0) is 14.4 Å². The summed E-state index contributed by atoms with van der Waals surface area (Å²) in [7, 11) is 1.74. The molecule has 0 aromatic heterocycles. The highest BCUT2D eigenvalue weighted by molar-refractivity contribution is 5.86. The van der Waals surface area contributed by atoms with Crippen molar-refractivity contribution in [1.82, 2.24) is 15.1 Å². The Morgan fingerprint density at radius 1 is 1.27 bits per heavy atom. The first kappa shape index (κ1) is 18.5. The van der Waals surface area contributed by atoms with Crippen LogP contribution in [0.1, 0.15) is 46.5 Å². The number of amides is 3. The molecule has 126 valence electrons. The van der Waals surface area contributed by atoms with Crippen LogP contribution in [-0.4, -0.2) is 60.2 Å². The molecule has 0 spiro atoms. The van der Waals surface area contributed by atoms with Gasteiger partial charge in [0.05, 0.1) is 0 Å². The van der Waals surface area contributed by atoms with Gasteiger partial charge in [-0.05, 0) is 26.7 Å². The van der Waals surface area contributed by atoms with Gasteiger partial charge in [-0.2, -0.15) is 0 Å². The van der Waals surface area contributed by atoms with Gasteiger partial charge in [-0.3, -0.25) is 14.4 Å². The first-order valence-electron chi connectivity index (χ1n) is 8.18. The summed E-state index contributed by atoms with van der Waals surface area (Å²) < 4.78 is 0. The number of carbonyl (C=O) groups excluding carboxylic acids is 3. The fourth-order valence-electron chi connectivity index (χ4n) is 3.01. The molecule has 0 aliphatic carbocycles. The molecular weight excluding hydrogens is 282 g/mol. The summed E-state index contributed by atoms with van der Waals surface area (Å²) in [5.41, 5.74) is 0. The molecular formula is C16H29N3O3. The Morgan fingerprint density at radius 2 is 1.91 bits per heavy atom. The summed E-state index contributed by atoms with van der Waals surface area (Å²) in [4.78, 5) is 39.5. The first-order valence-corrected chi connectivity index (χ1v) is 8.18. The summed E-state index contributed by atoms with van der Waals surface area (Å²) in [6.07, 6.45) is 2.59. The van der Waals surface area contributed by atoms with Crippen molar-refractivity contribution in [2.75, 3.05) is 26.7 Å². The van der Waals surface area contributed by atoms with Crippen molar-refractivity contribution in [2.45, 2.75) is 52.5 Å². The van der Waals surface area contributed by atoms with Crippen molar-refractivity contribution in [3.05, 3.63) is 0 Å². The van der Waals surface area contributed by atoms with Crippen molar-refractivity contribution < 1.29 is 14.4 Å². The van der Waals surface area contributed by atoms with E-state index in [4.69, 9.17) is 0 Å². The summed E-state index contributed by atoms with van der Waals surface area (Å²) in [5.74, 6) is -0.278. The van der Waals surface area contributed by atoms with Crippen LogP contribution in [0.2, 0.25) is 0 Å². The van der Waals surface area contributed by atoms with Crippen LogP contribution in [0, 0.1) is 5.92 Å². The fraction of sp³-hybridized carbons (Fsp3) is 0.812. The van der Waals surface area contributed by atoms with E-state index in [0.29, 0.717) is 26.1 Å². The predicted octanol–water partition coefficient (Wildman–Crippen LogP) is 1.01. The van der Waals surface area contributed by atoms with Crippen LogP contribution < -0.4 is 5.32 Å². The minimum Gasteiger partial charge on any atom is -0.352 e. The van der Waals surface area contributed by atoms with E-state index in [1.54, 1.807) is 16.8 Å². The van der Waals surface area contributed by atoms with Gasteiger partial charge in [-0.15, -0.1) is 0 Å². The van der Waals surface area contributed by atoms with Crippen molar-refractivity contribution in [1.29, 1.82) is 0 Å². The molecule has 1 aliphatic heterocycles. The zero-order valence-electron chi connectivity index (χ0n) is 14.2. The Labute approximate surface area is 133 Å². The van der Waals surface area contributed by atoms with Crippen LogP contribution >= 0.6 is 0 Å². The average molecular weight is 311 g/mol. The van der Waals surface area contributed by atoms with Crippen LogP contribution in [0.5, 0.6) is 0 Å². The lowest BCUT2D eigenvalue weighted by molar-refractivity contribution is -0.140. The summed E-state index contributed by atoms with van der Waals surface area (Å²) in [6, 6.07) is -0.0336. The second-order valence-corrected chi connectivity index (χ2v) is 6.01. The van der Waals surface area contributed by atoms with Gasteiger partial charge in [-0.1, -0.05) is 6.42 Å². The van der Waals surface area contributed by atoms with Gasteiger partial charge in [0.15, 0.2) is 0 Å². The lowest BCUT2D eigenvalue weighted by Gasteiger charge is -2.26. The number of carbonyl (C=O) groups is 3. The van der Waals surface area contributed by atoms with E-state index in [2.05, 4.69) is 5.32 Å². The van der Waals surface area contributed by atoms with Crippen molar-refractivity contribution in [3.63, 3.8) is 0 Å². The highest BCUT2D eigenvalue weighted by Gasteiger charge is 2.29. The van der Waals surface area contributed by atoms with E-state index in [0.717, 1.165) is 12.8 Å².